The number of rotatable bonds is 4. The Bertz CT molecular complexity index is 673. The van der Waals surface area contributed by atoms with E-state index in [1.165, 1.54) is 22.4 Å². The minimum absolute atomic E-state index is 0.0150. The molecular weight excluding hydrogens is 264 g/mol. The molecule has 1 aliphatic carbocycles. The Morgan fingerprint density at radius 3 is 2.86 bits per heavy atom. The molecule has 0 fully saturated rings. The number of hydrogen-bond donors (Lipinski definition) is 1. The van der Waals surface area contributed by atoms with Gasteiger partial charge < -0.3 is 14.6 Å². The summed E-state index contributed by atoms with van der Waals surface area (Å²) in [6.07, 6.45) is 4.23. The molecule has 0 unspecified atom stereocenters. The second-order valence-corrected chi connectivity index (χ2v) is 5.39. The lowest BCUT2D eigenvalue weighted by molar-refractivity contribution is -0.118. The number of methoxy groups -OCH3 is 1. The Morgan fingerprint density at radius 1 is 1.29 bits per heavy atom. The van der Waals surface area contributed by atoms with Gasteiger partial charge in [0.1, 0.15) is 5.75 Å². The summed E-state index contributed by atoms with van der Waals surface area (Å²) in [6, 6.07) is 8.47. The third-order valence-corrected chi connectivity index (χ3v) is 4.00. The topological polar surface area (TPSA) is 43.3 Å². The van der Waals surface area contributed by atoms with Crippen molar-refractivity contribution in [3.63, 3.8) is 0 Å². The first-order valence-corrected chi connectivity index (χ1v) is 7.29. The molecule has 2 aromatic rings. The fourth-order valence-electron chi connectivity index (χ4n) is 2.99. The lowest BCUT2D eigenvalue weighted by atomic mass is 9.90. The molecule has 1 amide bonds. The Morgan fingerprint density at radius 2 is 2.10 bits per heavy atom. The molecule has 0 radical (unpaired) electrons. The van der Waals surface area contributed by atoms with Crippen molar-refractivity contribution in [3.8, 4) is 17.0 Å². The van der Waals surface area contributed by atoms with Crippen LogP contribution in [0.25, 0.3) is 11.3 Å². The highest BCUT2D eigenvalue weighted by Gasteiger charge is 2.20. The molecule has 1 heterocycles. The summed E-state index contributed by atoms with van der Waals surface area (Å²) >= 11 is 0. The van der Waals surface area contributed by atoms with Crippen LogP contribution in [0.15, 0.2) is 30.5 Å². The number of hydrogen-bond acceptors (Lipinski definition) is 2. The van der Waals surface area contributed by atoms with E-state index in [1.807, 2.05) is 6.07 Å². The largest absolute Gasteiger partial charge is 0.497 e. The molecule has 3 rings (SSSR count). The van der Waals surface area contributed by atoms with Gasteiger partial charge >= 0.3 is 0 Å². The van der Waals surface area contributed by atoms with E-state index in [4.69, 9.17) is 4.74 Å². The molecule has 1 aromatic carbocycles. The lowest BCUT2D eigenvalue weighted by Crippen LogP contribution is -2.24. The summed E-state index contributed by atoms with van der Waals surface area (Å²) in [5, 5.41) is 2.85. The summed E-state index contributed by atoms with van der Waals surface area (Å²) in [5.74, 6) is 0.926. The van der Waals surface area contributed by atoms with Gasteiger partial charge in [0.25, 0.3) is 0 Å². The van der Waals surface area contributed by atoms with Crippen molar-refractivity contribution < 1.29 is 9.53 Å². The third-order valence-electron chi connectivity index (χ3n) is 4.00. The standard InChI is InChI=1S/C17H20N2O2/c1-12(20)18-8-10-19-9-7-13-3-4-14-11-15(21-2)5-6-16(14)17(13)19/h5-7,9,11H,3-4,8,10H2,1-2H3,(H,18,20). The van der Waals surface area contributed by atoms with Crippen molar-refractivity contribution in [2.45, 2.75) is 26.3 Å². The van der Waals surface area contributed by atoms with E-state index in [0.717, 1.165) is 25.1 Å². The molecule has 0 saturated carbocycles. The molecule has 0 atom stereocenters. The molecule has 0 aliphatic heterocycles. The summed E-state index contributed by atoms with van der Waals surface area (Å²) in [4.78, 5) is 11.0. The highest BCUT2D eigenvalue weighted by atomic mass is 16.5. The van der Waals surface area contributed by atoms with Gasteiger partial charge in [-0.1, -0.05) is 0 Å². The van der Waals surface area contributed by atoms with Crippen LogP contribution in [0.5, 0.6) is 5.75 Å². The van der Waals surface area contributed by atoms with Crippen LogP contribution in [0.3, 0.4) is 0 Å². The molecule has 0 spiro atoms. The molecule has 0 saturated heterocycles. The van der Waals surface area contributed by atoms with Crippen LogP contribution >= 0.6 is 0 Å². The highest BCUT2D eigenvalue weighted by Crippen LogP contribution is 2.36. The number of carbonyl (C=O) groups is 1. The van der Waals surface area contributed by atoms with Crippen molar-refractivity contribution in [2.75, 3.05) is 13.7 Å². The van der Waals surface area contributed by atoms with E-state index in [1.54, 1.807) is 14.0 Å². The van der Waals surface area contributed by atoms with Crippen molar-refractivity contribution >= 4 is 5.91 Å². The number of amides is 1. The maximum Gasteiger partial charge on any atom is 0.216 e. The quantitative estimate of drug-likeness (QED) is 0.937. The zero-order valence-corrected chi connectivity index (χ0v) is 12.5. The summed E-state index contributed by atoms with van der Waals surface area (Å²) < 4.78 is 7.55. The van der Waals surface area contributed by atoms with Crippen LogP contribution in [0.1, 0.15) is 18.1 Å². The van der Waals surface area contributed by atoms with E-state index < -0.39 is 0 Å². The SMILES string of the molecule is COc1ccc2c(c1)CCc1ccn(CCNC(C)=O)c1-2. The lowest BCUT2D eigenvalue weighted by Gasteiger charge is -2.20. The number of nitrogens with zero attached hydrogens (tertiary/aromatic N) is 1. The van der Waals surface area contributed by atoms with Crippen LogP contribution in [0, 0.1) is 0 Å². The minimum Gasteiger partial charge on any atom is -0.497 e. The number of carbonyl (C=O) groups excluding carboxylic acids is 1. The average molecular weight is 284 g/mol. The molecule has 1 aromatic heterocycles. The molecule has 1 N–H and O–H groups in total. The number of nitrogens with one attached hydrogen (secondary N) is 1. The van der Waals surface area contributed by atoms with E-state index >= 15 is 0 Å². The maximum absolute atomic E-state index is 11.0. The van der Waals surface area contributed by atoms with Gasteiger partial charge in [-0.2, -0.15) is 0 Å². The van der Waals surface area contributed by atoms with Crippen LogP contribution in [0.4, 0.5) is 0 Å². The van der Waals surface area contributed by atoms with Gasteiger partial charge in [-0.05, 0) is 48.2 Å². The number of benzene rings is 1. The van der Waals surface area contributed by atoms with Crippen molar-refractivity contribution in [1.82, 2.24) is 9.88 Å². The van der Waals surface area contributed by atoms with Gasteiger partial charge in [0.2, 0.25) is 5.91 Å². The van der Waals surface area contributed by atoms with Crippen molar-refractivity contribution in [1.29, 1.82) is 0 Å². The minimum atomic E-state index is 0.0150. The van der Waals surface area contributed by atoms with Crippen LogP contribution in [-0.2, 0) is 24.2 Å². The Hall–Kier alpha value is -2.23. The molecule has 110 valence electrons. The monoisotopic (exact) mass is 284 g/mol. The number of aromatic nitrogens is 1. The molecule has 4 nitrogen and oxygen atoms in total. The van der Waals surface area contributed by atoms with Gasteiger partial charge in [0.05, 0.1) is 12.8 Å². The Kier molecular flexibility index (Phi) is 3.69. The third kappa shape index (κ3) is 2.66. The molecule has 0 bridgehead atoms. The summed E-state index contributed by atoms with van der Waals surface area (Å²) in [7, 11) is 1.70. The number of ether oxygens (including phenoxy) is 1. The fraction of sp³-hybridized carbons (Fsp3) is 0.353. The second-order valence-electron chi connectivity index (χ2n) is 5.39. The van der Waals surface area contributed by atoms with Crippen LogP contribution in [-0.4, -0.2) is 24.1 Å². The van der Waals surface area contributed by atoms with Gasteiger partial charge in [-0.3, -0.25) is 4.79 Å². The Balaban J connectivity index is 1.91. The van der Waals surface area contributed by atoms with Gasteiger partial charge in [0, 0.05) is 31.8 Å². The van der Waals surface area contributed by atoms with Crippen LogP contribution < -0.4 is 10.1 Å². The van der Waals surface area contributed by atoms with E-state index in [-0.39, 0.29) is 5.91 Å². The smallest absolute Gasteiger partial charge is 0.216 e. The zero-order valence-electron chi connectivity index (χ0n) is 12.5. The molecule has 1 aliphatic rings. The number of fused-ring (bicyclic) bond motifs is 3. The normalized spacial score (nSPS) is 12.5. The van der Waals surface area contributed by atoms with E-state index in [2.05, 4.69) is 34.3 Å². The van der Waals surface area contributed by atoms with Gasteiger partial charge in [-0.25, -0.2) is 0 Å². The summed E-state index contributed by atoms with van der Waals surface area (Å²) in [5.41, 5.74) is 5.28. The van der Waals surface area contributed by atoms with Gasteiger partial charge in [-0.15, -0.1) is 0 Å². The van der Waals surface area contributed by atoms with E-state index in [0.29, 0.717) is 6.54 Å². The average Bonchev–Trinajstić information content (AvgIpc) is 2.90. The second kappa shape index (κ2) is 5.64. The number of aryl methyl sites for hydroxylation is 2. The predicted molar refractivity (Wildman–Crippen MR) is 82.5 cm³/mol. The molecule has 21 heavy (non-hydrogen) atoms. The van der Waals surface area contributed by atoms with Crippen molar-refractivity contribution in [2.24, 2.45) is 0 Å². The first kappa shape index (κ1) is 13.7. The van der Waals surface area contributed by atoms with Crippen molar-refractivity contribution in [3.05, 3.63) is 41.6 Å². The molecule has 4 heteroatoms. The molecular formula is C17H20N2O2. The van der Waals surface area contributed by atoms with E-state index in [9.17, 15) is 4.79 Å². The van der Waals surface area contributed by atoms with Crippen LogP contribution in [0.2, 0.25) is 0 Å². The predicted octanol–water partition coefficient (Wildman–Crippen LogP) is 2.40. The first-order chi connectivity index (χ1) is 10.2. The van der Waals surface area contributed by atoms with Gasteiger partial charge in [0.15, 0.2) is 0 Å². The maximum atomic E-state index is 11.0. The highest BCUT2D eigenvalue weighted by molar-refractivity contribution is 5.73. The Labute approximate surface area is 124 Å². The summed E-state index contributed by atoms with van der Waals surface area (Å²) in [6.45, 7) is 3.00. The first-order valence-electron chi connectivity index (χ1n) is 7.29. The fourth-order valence-corrected chi connectivity index (χ4v) is 2.99. The zero-order chi connectivity index (χ0) is 14.8.